The number of piperazine rings is 1. The van der Waals surface area contributed by atoms with Crippen LogP contribution >= 0.6 is 0 Å². The normalized spacial score (nSPS) is 26.4. The van der Waals surface area contributed by atoms with E-state index in [0.717, 1.165) is 19.6 Å². The molecular formula is C15H24N2. The van der Waals surface area contributed by atoms with Crippen molar-refractivity contribution in [2.75, 3.05) is 13.1 Å². The minimum absolute atomic E-state index is 0.597. The van der Waals surface area contributed by atoms with E-state index < -0.39 is 0 Å². The van der Waals surface area contributed by atoms with Gasteiger partial charge in [0.1, 0.15) is 0 Å². The number of benzene rings is 1. The predicted octanol–water partition coefficient (Wildman–Crippen LogP) is 2.50. The van der Waals surface area contributed by atoms with Gasteiger partial charge >= 0.3 is 0 Å². The van der Waals surface area contributed by atoms with E-state index in [1.165, 1.54) is 5.56 Å². The smallest absolute Gasteiger partial charge is 0.0235 e. The summed E-state index contributed by atoms with van der Waals surface area (Å²) in [6, 6.07) is 12.0. The highest BCUT2D eigenvalue weighted by atomic mass is 15.2. The molecule has 1 N–H and O–H groups in total. The third-order valence-corrected chi connectivity index (χ3v) is 3.54. The minimum Gasteiger partial charge on any atom is -0.309 e. The minimum atomic E-state index is 0.597. The fourth-order valence-corrected chi connectivity index (χ4v) is 2.58. The van der Waals surface area contributed by atoms with E-state index in [4.69, 9.17) is 0 Å². The summed E-state index contributed by atoms with van der Waals surface area (Å²) in [6.45, 7) is 10.3. The van der Waals surface area contributed by atoms with Crippen molar-refractivity contribution in [2.24, 2.45) is 5.92 Å². The molecule has 0 spiro atoms. The van der Waals surface area contributed by atoms with Gasteiger partial charge in [-0.2, -0.15) is 0 Å². The van der Waals surface area contributed by atoms with E-state index in [-0.39, 0.29) is 0 Å². The van der Waals surface area contributed by atoms with E-state index >= 15 is 0 Å². The first-order valence-electron chi connectivity index (χ1n) is 6.67. The highest BCUT2D eigenvalue weighted by Crippen LogP contribution is 2.14. The topological polar surface area (TPSA) is 15.3 Å². The van der Waals surface area contributed by atoms with Gasteiger partial charge in [-0.25, -0.2) is 0 Å². The van der Waals surface area contributed by atoms with Crippen molar-refractivity contribution in [2.45, 2.75) is 39.4 Å². The van der Waals surface area contributed by atoms with Crippen LogP contribution in [0.1, 0.15) is 26.3 Å². The fraction of sp³-hybridized carbons (Fsp3) is 0.600. The molecule has 1 aliphatic rings. The monoisotopic (exact) mass is 232 g/mol. The maximum absolute atomic E-state index is 3.69. The highest BCUT2D eigenvalue weighted by molar-refractivity contribution is 5.14. The van der Waals surface area contributed by atoms with Gasteiger partial charge in [-0.3, -0.25) is 4.90 Å². The van der Waals surface area contributed by atoms with Crippen LogP contribution in [0.3, 0.4) is 0 Å². The van der Waals surface area contributed by atoms with Gasteiger partial charge in [0.05, 0.1) is 0 Å². The van der Waals surface area contributed by atoms with Gasteiger partial charge in [0.2, 0.25) is 0 Å². The van der Waals surface area contributed by atoms with Gasteiger partial charge < -0.3 is 5.32 Å². The van der Waals surface area contributed by atoms with Crippen molar-refractivity contribution < 1.29 is 0 Å². The fourth-order valence-electron chi connectivity index (χ4n) is 2.58. The number of hydrogen-bond acceptors (Lipinski definition) is 2. The molecule has 17 heavy (non-hydrogen) atoms. The zero-order chi connectivity index (χ0) is 12.3. The van der Waals surface area contributed by atoms with E-state index in [0.29, 0.717) is 18.0 Å². The Bertz CT molecular complexity index is 334. The number of rotatable bonds is 3. The third-order valence-electron chi connectivity index (χ3n) is 3.54. The Labute approximate surface area is 105 Å². The summed E-state index contributed by atoms with van der Waals surface area (Å²) in [5.41, 5.74) is 1.42. The summed E-state index contributed by atoms with van der Waals surface area (Å²) in [5, 5.41) is 3.69. The molecule has 2 rings (SSSR count). The van der Waals surface area contributed by atoms with Crippen LogP contribution in [0.25, 0.3) is 0 Å². The second-order valence-corrected chi connectivity index (χ2v) is 5.60. The highest BCUT2D eigenvalue weighted by Gasteiger charge is 2.25. The molecule has 2 nitrogen and oxygen atoms in total. The summed E-state index contributed by atoms with van der Waals surface area (Å²) in [4.78, 5) is 2.57. The number of nitrogens with zero attached hydrogens (tertiary/aromatic N) is 1. The molecule has 0 bridgehead atoms. The Balaban J connectivity index is 1.96. The lowest BCUT2D eigenvalue weighted by atomic mass is 9.99. The van der Waals surface area contributed by atoms with Crippen LogP contribution in [0.15, 0.2) is 30.3 Å². The molecule has 1 aromatic carbocycles. The molecule has 94 valence electrons. The quantitative estimate of drug-likeness (QED) is 0.861. The first-order chi connectivity index (χ1) is 8.15. The molecule has 1 unspecified atom stereocenters. The molecule has 0 aromatic heterocycles. The van der Waals surface area contributed by atoms with Crippen LogP contribution in [0.2, 0.25) is 0 Å². The summed E-state index contributed by atoms with van der Waals surface area (Å²) < 4.78 is 0. The van der Waals surface area contributed by atoms with E-state index in [1.54, 1.807) is 0 Å². The lowest BCUT2D eigenvalue weighted by molar-refractivity contribution is 0.138. The second kappa shape index (κ2) is 5.65. The van der Waals surface area contributed by atoms with Crippen LogP contribution < -0.4 is 5.32 Å². The largest absolute Gasteiger partial charge is 0.309 e. The summed E-state index contributed by atoms with van der Waals surface area (Å²) in [5.74, 6) is 0.705. The van der Waals surface area contributed by atoms with Gasteiger partial charge in [-0.15, -0.1) is 0 Å². The molecule has 2 heteroatoms. The van der Waals surface area contributed by atoms with E-state index in [9.17, 15) is 0 Å². The Morgan fingerprint density at radius 3 is 2.59 bits per heavy atom. The molecule has 2 atom stereocenters. The van der Waals surface area contributed by atoms with Crippen molar-refractivity contribution in [3.63, 3.8) is 0 Å². The van der Waals surface area contributed by atoms with E-state index in [2.05, 4.69) is 61.3 Å². The van der Waals surface area contributed by atoms with Gasteiger partial charge in [0, 0.05) is 31.7 Å². The van der Waals surface area contributed by atoms with Crippen molar-refractivity contribution in [1.29, 1.82) is 0 Å². The predicted molar refractivity (Wildman–Crippen MR) is 72.9 cm³/mol. The van der Waals surface area contributed by atoms with Crippen LogP contribution in [0.5, 0.6) is 0 Å². The first kappa shape index (κ1) is 12.6. The van der Waals surface area contributed by atoms with Crippen molar-refractivity contribution in [1.82, 2.24) is 10.2 Å². The molecule has 0 radical (unpaired) electrons. The lowest BCUT2D eigenvalue weighted by Crippen LogP contribution is -2.56. The molecule has 0 saturated carbocycles. The Morgan fingerprint density at radius 1 is 1.24 bits per heavy atom. The molecule has 0 amide bonds. The molecule has 1 heterocycles. The van der Waals surface area contributed by atoms with Crippen molar-refractivity contribution in [3.8, 4) is 0 Å². The van der Waals surface area contributed by atoms with E-state index in [1.807, 2.05) is 0 Å². The van der Waals surface area contributed by atoms with Gasteiger partial charge in [-0.05, 0) is 18.4 Å². The average Bonchev–Trinajstić information content (AvgIpc) is 2.29. The maximum Gasteiger partial charge on any atom is 0.0235 e. The third kappa shape index (κ3) is 3.55. The Hall–Kier alpha value is -0.860. The molecule has 0 aliphatic carbocycles. The number of nitrogens with one attached hydrogen (secondary N) is 1. The molecule has 1 aromatic rings. The lowest BCUT2D eigenvalue weighted by Gasteiger charge is -2.39. The zero-order valence-corrected chi connectivity index (χ0v) is 11.2. The van der Waals surface area contributed by atoms with Crippen LogP contribution in [0.4, 0.5) is 0 Å². The second-order valence-electron chi connectivity index (χ2n) is 5.60. The summed E-state index contributed by atoms with van der Waals surface area (Å²) >= 11 is 0. The van der Waals surface area contributed by atoms with Crippen LogP contribution in [-0.4, -0.2) is 30.1 Å². The SMILES string of the molecule is CC1CN(Cc2ccccc2)C[C@H](C(C)C)N1. The average molecular weight is 232 g/mol. The molecular weight excluding hydrogens is 208 g/mol. The van der Waals surface area contributed by atoms with Crippen molar-refractivity contribution >= 4 is 0 Å². The van der Waals surface area contributed by atoms with Crippen molar-refractivity contribution in [3.05, 3.63) is 35.9 Å². The van der Waals surface area contributed by atoms with Gasteiger partial charge in [0.15, 0.2) is 0 Å². The van der Waals surface area contributed by atoms with Crippen LogP contribution in [0, 0.1) is 5.92 Å². The zero-order valence-electron chi connectivity index (χ0n) is 11.2. The Kier molecular flexibility index (Phi) is 4.19. The molecule has 1 aliphatic heterocycles. The number of hydrogen-bond donors (Lipinski definition) is 1. The Morgan fingerprint density at radius 2 is 1.94 bits per heavy atom. The molecule has 1 fully saturated rings. The summed E-state index contributed by atoms with van der Waals surface area (Å²) in [6.07, 6.45) is 0. The maximum atomic E-state index is 3.69. The van der Waals surface area contributed by atoms with Crippen LogP contribution in [-0.2, 0) is 6.54 Å². The molecule has 1 saturated heterocycles. The van der Waals surface area contributed by atoms with Gasteiger partial charge in [-0.1, -0.05) is 44.2 Å². The van der Waals surface area contributed by atoms with Gasteiger partial charge in [0.25, 0.3) is 0 Å². The standard InChI is InChI=1S/C15H24N2/c1-12(2)15-11-17(9-13(3)16-15)10-14-7-5-4-6-8-14/h4-8,12-13,15-16H,9-11H2,1-3H3/t13?,15-/m1/s1. The summed E-state index contributed by atoms with van der Waals surface area (Å²) in [7, 11) is 0. The first-order valence-corrected chi connectivity index (χ1v) is 6.67.